The minimum atomic E-state index is -0.285. The molecule has 3 aromatic rings. The highest BCUT2D eigenvalue weighted by molar-refractivity contribution is 7.98. The molecule has 3 rings (SSSR count). The molecule has 1 amide bonds. The first-order valence-corrected chi connectivity index (χ1v) is 11.1. The van der Waals surface area contributed by atoms with Crippen molar-refractivity contribution in [2.75, 3.05) is 24.7 Å². The Bertz CT molecular complexity index is 1020. The van der Waals surface area contributed by atoms with Gasteiger partial charge in [-0.2, -0.15) is 5.10 Å². The number of anilines is 1. The molecule has 0 atom stereocenters. The van der Waals surface area contributed by atoms with Gasteiger partial charge in [0.1, 0.15) is 5.82 Å². The molecular weight excluding hydrogens is 431 g/mol. The van der Waals surface area contributed by atoms with Crippen LogP contribution in [0.4, 0.5) is 5.82 Å². The molecule has 1 aromatic carbocycles. The summed E-state index contributed by atoms with van der Waals surface area (Å²) in [5.74, 6) is 0.975. The molecule has 0 radical (unpaired) electrons. The Labute approximate surface area is 183 Å². The molecule has 0 saturated carbocycles. The lowest BCUT2D eigenvalue weighted by molar-refractivity contribution is 0.0952. The quantitative estimate of drug-likeness (QED) is 0.390. The molecule has 0 saturated heterocycles. The van der Waals surface area contributed by atoms with Crippen LogP contribution in [0.5, 0.6) is 0 Å². The van der Waals surface area contributed by atoms with Crippen LogP contribution in [-0.4, -0.2) is 45.0 Å². The fourth-order valence-corrected chi connectivity index (χ4v) is 3.40. The van der Waals surface area contributed by atoms with Crippen molar-refractivity contribution >= 4 is 57.7 Å². The average molecular weight is 453 g/mol. The Hall–Kier alpha value is -2.03. The number of rotatable bonds is 8. The van der Waals surface area contributed by atoms with Gasteiger partial charge in [0.25, 0.3) is 5.91 Å². The second-order valence-electron chi connectivity index (χ2n) is 6.82. The van der Waals surface area contributed by atoms with Crippen molar-refractivity contribution in [2.45, 2.75) is 25.5 Å². The van der Waals surface area contributed by atoms with E-state index in [4.69, 9.17) is 23.2 Å². The maximum atomic E-state index is 12.4. The van der Waals surface area contributed by atoms with Gasteiger partial charge in [0.2, 0.25) is 0 Å². The van der Waals surface area contributed by atoms with Gasteiger partial charge in [0.15, 0.2) is 10.8 Å². The summed E-state index contributed by atoms with van der Waals surface area (Å²) in [5, 5.41) is 13.0. The van der Waals surface area contributed by atoms with E-state index in [9.17, 15) is 4.79 Å². The molecule has 154 valence electrons. The number of thioether (sulfide) groups is 1. The van der Waals surface area contributed by atoms with Crippen LogP contribution in [-0.2, 0) is 6.54 Å². The summed E-state index contributed by atoms with van der Waals surface area (Å²) in [5.41, 5.74) is 1.07. The molecular formula is C19H22Cl2N6OS. The minimum absolute atomic E-state index is 0.285. The highest BCUT2D eigenvalue weighted by Gasteiger charge is 2.14. The minimum Gasteiger partial charge on any atom is -0.369 e. The van der Waals surface area contributed by atoms with Crippen molar-refractivity contribution in [3.63, 3.8) is 0 Å². The number of halogens is 2. The largest absolute Gasteiger partial charge is 0.369 e. The van der Waals surface area contributed by atoms with Gasteiger partial charge in [-0.15, -0.1) is 0 Å². The Morgan fingerprint density at radius 3 is 2.79 bits per heavy atom. The monoisotopic (exact) mass is 452 g/mol. The van der Waals surface area contributed by atoms with E-state index >= 15 is 0 Å². The van der Waals surface area contributed by atoms with Crippen LogP contribution in [0.1, 0.15) is 24.2 Å². The summed E-state index contributed by atoms with van der Waals surface area (Å²) in [6, 6.07) is 4.80. The van der Waals surface area contributed by atoms with Gasteiger partial charge < -0.3 is 10.6 Å². The van der Waals surface area contributed by atoms with Crippen LogP contribution in [0.25, 0.3) is 11.0 Å². The lowest BCUT2D eigenvalue weighted by Gasteiger charge is -2.11. The van der Waals surface area contributed by atoms with Gasteiger partial charge in [-0.25, -0.2) is 14.6 Å². The predicted octanol–water partition coefficient (Wildman–Crippen LogP) is 4.35. The number of benzene rings is 1. The molecule has 10 heteroatoms. The van der Waals surface area contributed by atoms with Crippen molar-refractivity contribution in [3.05, 3.63) is 40.0 Å². The molecule has 0 unspecified atom stereocenters. The molecule has 0 aliphatic carbocycles. The van der Waals surface area contributed by atoms with E-state index in [0.717, 1.165) is 23.4 Å². The number of fused-ring (bicyclic) bond motifs is 1. The van der Waals surface area contributed by atoms with Crippen molar-refractivity contribution in [2.24, 2.45) is 5.92 Å². The number of hydrogen-bond acceptors (Lipinski definition) is 6. The van der Waals surface area contributed by atoms with Crippen molar-refractivity contribution in [3.8, 4) is 0 Å². The van der Waals surface area contributed by atoms with Crippen LogP contribution in [0.15, 0.2) is 29.6 Å². The van der Waals surface area contributed by atoms with E-state index in [-0.39, 0.29) is 5.91 Å². The summed E-state index contributed by atoms with van der Waals surface area (Å²) in [6.07, 6.45) is 3.68. The third-order valence-corrected chi connectivity index (χ3v) is 5.23. The van der Waals surface area contributed by atoms with Crippen molar-refractivity contribution in [1.29, 1.82) is 0 Å². The number of nitrogens with one attached hydrogen (secondary N) is 2. The molecule has 0 fully saturated rings. The number of carbonyl (C=O) groups is 1. The van der Waals surface area contributed by atoms with Crippen LogP contribution < -0.4 is 10.6 Å². The smallest absolute Gasteiger partial charge is 0.252 e. The average Bonchev–Trinajstić information content (AvgIpc) is 3.10. The Morgan fingerprint density at radius 2 is 2.07 bits per heavy atom. The lowest BCUT2D eigenvalue weighted by atomic mass is 10.2. The number of carbonyl (C=O) groups excluding carboxylic acids is 1. The molecule has 2 aromatic heterocycles. The zero-order valence-corrected chi connectivity index (χ0v) is 18.7. The third-order valence-electron chi connectivity index (χ3n) is 4.12. The van der Waals surface area contributed by atoms with E-state index in [0.29, 0.717) is 39.8 Å². The van der Waals surface area contributed by atoms with E-state index in [1.54, 1.807) is 29.1 Å². The first-order valence-electron chi connectivity index (χ1n) is 9.13. The van der Waals surface area contributed by atoms with Crippen LogP contribution in [0.3, 0.4) is 0 Å². The van der Waals surface area contributed by atoms with Crippen LogP contribution in [0.2, 0.25) is 10.0 Å². The van der Waals surface area contributed by atoms with Crippen LogP contribution >= 0.6 is 35.0 Å². The zero-order valence-electron chi connectivity index (χ0n) is 16.4. The maximum Gasteiger partial charge on any atom is 0.252 e. The fraction of sp³-hybridized carbons (Fsp3) is 0.368. The summed E-state index contributed by atoms with van der Waals surface area (Å²) < 4.78 is 1.76. The Kier molecular flexibility index (Phi) is 7.21. The van der Waals surface area contributed by atoms with Gasteiger partial charge in [-0.3, -0.25) is 4.79 Å². The van der Waals surface area contributed by atoms with Crippen molar-refractivity contribution in [1.82, 2.24) is 25.1 Å². The summed E-state index contributed by atoms with van der Waals surface area (Å²) in [6.45, 7) is 5.91. The van der Waals surface area contributed by atoms with Gasteiger partial charge in [0, 0.05) is 18.1 Å². The predicted molar refractivity (Wildman–Crippen MR) is 119 cm³/mol. The lowest BCUT2D eigenvalue weighted by Crippen LogP contribution is -2.27. The first-order chi connectivity index (χ1) is 13.9. The van der Waals surface area contributed by atoms with Gasteiger partial charge in [-0.05, 0) is 30.4 Å². The third kappa shape index (κ3) is 5.32. The Balaban J connectivity index is 1.74. The molecule has 7 nitrogen and oxygen atoms in total. The summed E-state index contributed by atoms with van der Waals surface area (Å²) in [4.78, 5) is 21.5. The second kappa shape index (κ2) is 9.65. The van der Waals surface area contributed by atoms with Gasteiger partial charge >= 0.3 is 0 Å². The van der Waals surface area contributed by atoms with E-state index in [2.05, 4.69) is 39.5 Å². The standard InChI is InChI=1S/C19H22Cl2N6OS/c1-11(2)9-23-16-14-10-24-27(17(14)26-19(25-16)29-3)7-6-22-18(28)13-8-12(20)4-5-15(13)21/h4-5,8,10-11H,6-7,9H2,1-3H3,(H,22,28)(H,23,25,26). The molecule has 0 bridgehead atoms. The van der Waals surface area contributed by atoms with Crippen LogP contribution in [0, 0.1) is 5.92 Å². The molecule has 0 aliphatic rings. The highest BCUT2D eigenvalue weighted by atomic mass is 35.5. The van der Waals surface area contributed by atoms with E-state index in [1.165, 1.54) is 11.8 Å². The number of aromatic nitrogens is 4. The van der Waals surface area contributed by atoms with Gasteiger partial charge in [-0.1, -0.05) is 48.8 Å². The molecule has 2 N–H and O–H groups in total. The number of nitrogens with zero attached hydrogens (tertiary/aromatic N) is 4. The number of hydrogen-bond donors (Lipinski definition) is 2. The fourth-order valence-electron chi connectivity index (χ4n) is 2.67. The normalized spacial score (nSPS) is 11.2. The van der Waals surface area contributed by atoms with E-state index in [1.807, 2.05) is 6.26 Å². The maximum absolute atomic E-state index is 12.4. The Morgan fingerprint density at radius 1 is 1.28 bits per heavy atom. The van der Waals surface area contributed by atoms with E-state index < -0.39 is 0 Å². The molecule has 29 heavy (non-hydrogen) atoms. The summed E-state index contributed by atoms with van der Waals surface area (Å²) in [7, 11) is 0. The van der Waals surface area contributed by atoms with Crippen molar-refractivity contribution < 1.29 is 4.79 Å². The second-order valence-corrected chi connectivity index (χ2v) is 8.44. The van der Waals surface area contributed by atoms with Gasteiger partial charge in [0.05, 0.1) is 28.7 Å². The first kappa shape index (κ1) is 21.7. The highest BCUT2D eigenvalue weighted by Crippen LogP contribution is 2.24. The number of amides is 1. The SMILES string of the molecule is CSc1nc(NCC(C)C)c2cnn(CCNC(=O)c3cc(Cl)ccc3Cl)c2n1. The molecule has 2 heterocycles. The topological polar surface area (TPSA) is 84.7 Å². The zero-order chi connectivity index (χ0) is 21.0. The summed E-state index contributed by atoms with van der Waals surface area (Å²) >= 11 is 13.5. The molecule has 0 spiro atoms. The molecule has 0 aliphatic heterocycles.